The summed E-state index contributed by atoms with van der Waals surface area (Å²) in [6, 6.07) is 12.4. The molecule has 0 radical (unpaired) electrons. The molecule has 1 fully saturated rings. The zero-order valence-electron chi connectivity index (χ0n) is 18.0. The maximum absolute atomic E-state index is 13.2. The summed E-state index contributed by atoms with van der Waals surface area (Å²) >= 11 is 0. The Morgan fingerprint density at radius 3 is 2.38 bits per heavy atom. The highest BCUT2D eigenvalue weighted by molar-refractivity contribution is 5.96. The molecular weight excluding hydrogens is 421 g/mol. The van der Waals surface area contributed by atoms with E-state index in [1.54, 1.807) is 0 Å². The fourth-order valence-corrected chi connectivity index (χ4v) is 3.67. The van der Waals surface area contributed by atoms with Crippen LogP contribution in [0.1, 0.15) is 47.2 Å². The quantitative estimate of drug-likeness (QED) is 0.630. The van der Waals surface area contributed by atoms with E-state index < -0.39 is 17.6 Å². The minimum Gasteiger partial charge on any atom is -0.494 e. The molecule has 0 spiro atoms. The molecule has 0 unspecified atom stereocenters. The second-order valence-corrected chi connectivity index (χ2v) is 7.94. The van der Waals surface area contributed by atoms with Crippen molar-refractivity contribution >= 4 is 11.8 Å². The van der Waals surface area contributed by atoms with Crippen molar-refractivity contribution in [3.8, 4) is 5.75 Å². The summed E-state index contributed by atoms with van der Waals surface area (Å²) in [7, 11) is 0. The third-order valence-corrected chi connectivity index (χ3v) is 5.45. The van der Waals surface area contributed by atoms with Gasteiger partial charge in [-0.3, -0.25) is 9.59 Å². The first-order valence-electron chi connectivity index (χ1n) is 10.7. The van der Waals surface area contributed by atoms with Gasteiger partial charge in [-0.2, -0.15) is 13.2 Å². The number of nitrogens with one attached hydrogen (secondary N) is 1. The van der Waals surface area contributed by atoms with E-state index in [1.165, 1.54) is 23.1 Å². The number of halogens is 3. The van der Waals surface area contributed by atoms with Crippen LogP contribution < -0.4 is 10.1 Å². The summed E-state index contributed by atoms with van der Waals surface area (Å²) in [5, 5.41) is 2.95. The maximum atomic E-state index is 13.2. The number of nitrogens with zero attached hydrogens (tertiary/aromatic N) is 1. The Morgan fingerprint density at radius 2 is 1.72 bits per heavy atom. The van der Waals surface area contributed by atoms with Crippen molar-refractivity contribution in [3.05, 3.63) is 65.2 Å². The Kier molecular flexibility index (Phi) is 7.77. The van der Waals surface area contributed by atoms with Crippen LogP contribution >= 0.6 is 0 Å². The molecule has 0 bridgehead atoms. The van der Waals surface area contributed by atoms with E-state index in [0.717, 1.165) is 17.4 Å². The van der Waals surface area contributed by atoms with Crippen molar-refractivity contribution in [3.63, 3.8) is 0 Å². The molecule has 0 aromatic heterocycles. The van der Waals surface area contributed by atoms with Crippen LogP contribution in [0.3, 0.4) is 0 Å². The number of hydrogen-bond acceptors (Lipinski definition) is 3. The van der Waals surface area contributed by atoms with Gasteiger partial charge in [0.25, 0.3) is 5.91 Å². The van der Waals surface area contributed by atoms with Gasteiger partial charge in [-0.1, -0.05) is 29.8 Å². The molecule has 8 heteroatoms. The van der Waals surface area contributed by atoms with Crippen molar-refractivity contribution < 1.29 is 27.5 Å². The van der Waals surface area contributed by atoms with Crippen molar-refractivity contribution in [1.29, 1.82) is 0 Å². The smallest absolute Gasteiger partial charge is 0.417 e. The highest BCUT2D eigenvalue weighted by Gasteiger charge is 2.36. The van der Waals surface area contributed by atoms with Crippen LogP contribution in [-0.2, 0) is 11.0 Å². The zero-order chi connectivity index (χ0) is 23.1. The SMILES string of the molecule is Cc1ccc(OCCCC(=O)NC2CCN(C(=O)c3ccccc3C(F)(F)F)CC2)cc1. The molecule has 3 rings (SSSR count). The Bertz CT molecular complexity index is 921. The average molecular weight is 448 g/mol. The average Bonchev–Trinajstić information content (AvgIpc) is 2.77. The number of alkyl halides is 3. The first-order valence-corrected chi connectivity index (χ1v) is 10.7. The summed E-state index contributed by atoms with van der Waals surface area (Å²) < 4.78 is 45.2. The number of aryl methyl sites for hydroxylation is 1. The van der Waals surface area contributed by atoms with E-state index in [-0.39, 0.29) is 17.5 Å². The van der Waals surface area contributed by atoms with E-state index in [1.807, 2.05) is 31.2 Å². The molecule has 2 amide bonds. The molecule has 1 N–H and O–H groups in total. The highest BCUT2D eigenvalue weighted by atomic mass is 19.4. The fraction of sp³-hybridized carbons (Fsp3) is 0.417. The topological polar surface area (TPSA) is 58.6 Å². The second kappa shape index (κ2) is 10.5. The lowest BCUT2D eigenvalue weighted by atomic mass is 10.0. The Hall–Kier alpha value is -3.03. The lowest BCUT2D eigenvalue weighted by Gasteiger charge is -2.33. The molecule has 1 heterocycles. The van der Waals surface area contributed by atoms with Gasteiger partial charge in [0.05, 0.1) is 17.7 Å². The normalized spacial score (nSPS) is 14.8. The molecule has 1 aliphatic heterocycles. The number of benzene rings is 2. The third kappa shape index (κ3) is 6.48. The minimum atomic E-state index is -4.58. The van der Waals surface area contributed by atoms with E-state index >= 15 is 0 Å². The van der Waals surface area contributed by atoms with Gasteiger partial charge in [0.15, 0.2) is 0 Å². The molecule has 0 atom stereocenters. The monoisotopic (exact) mass is 448 g/mol. The molecule has 2 aromatic rings. The first kappa shape index (κ1) is 23.6. The van der Waals surface area contributed by atoms with Crippen LogP contribution in [0.25, 0.3) is 0 Å². The van der Waals surface area contributed by atoms with Gasteiger partial charge in [0.2, 0.25) is 5.91 Å². The zero-order valence-corrected chi connectivity index (χ0v) is 18.0. The molecule has 0 aliphatic carbocycles. The number of likely N-dealkylation sites (tertiary alicyclic amines) is 1. The van der Waals surface area contributed by atoms with Crippen molar-refractivity contribution in [2.75, 3.05) is 19.7 Å². The van der Waals surface area contributed by atoms with E-state index in [0.29, 0.717) is 45.4 Å². The van der Waals surface area contributed by atoms with Gasteiger partial charge in [0.1, 0.15) is 5.75 Å². The molecule has 5 nitrogen and oxygen atoms in total. The van der Waals surface area contributed by atoms with Crippen LogP contribution in [-0.4, -0.2) is 42.5 Å². The standard InChI is InChI=1S/C24H27F3N2O3/c1-17-8-10-19(11-9-17)32-16-4-7-22(30)28-18-12-14-29(15-13-18)23(31)20-5-2-3-6-21(20)24(25,26)27/h2-3,5-6,8-11,18H,4,7,12-16H2,1H3,(H,28,30). The first-order chi connectivity index (χ1) is 15.2. The summed E-state index contributed by atoms with van der Waals surface area (Å²) in [5.41, 5.74) is -0.113. The molecular formula is C24H27F3N2O3. The van der Waals surface area contributed by atoms with Crippen LogP contribution in [0.15, 0.2) is 48.5 Å². The van der Waals surface area contributed by atoms with Gasteiger partial charge in [-0.25, -0.2) is 0 Å². The Balaban J connectivity index is 1.40. The van der Waals surface area contributed by atoms with Gasteiger partial charge >= 0.3 is 6.18 Å². The van der Waals surface area contributed by atoms with Crippen molar-refractivity contribution in [2.24, 2.45) is 0 Å². The molecule has 32 heavy (non-hydrogen) atoms. The number of carbonyl (C=O) groups is 2. The number of amides is 2. The largest absolute Gasteiger partial charge is 0.494 e. The lowest BCUT2D eigenvalue weighted by molar-refractivity contribution is -0.138. The number of ether oxygens (including phenoxy) is 1. The summed E-state index contributed by atoms with van der Waals surface area (Å²) in [6.45, 7) is 3.02. The third-order valence-electron chi connectivity index (χ3n) is 5.45. The van der Waals surface area contributed by atoms with Gasteiger partial charge in [0, 0.05) is 25.6 Å². The van der Waals surface area contributed by atoms with Gasteiger partial charge < -0.3 is 15.0 Å². The Morgan fingerprint density at radius 1 is 1.06 bits per heavy atom. The summed E-state index contributed by atoms with van der Waals surface area (Å²) in [6.07, 6.45) is -2.67. The summed E-state index contributed by atoms with van der Waals surface area (Å²) in [4.78, 5) is 26.2. The van der Waals surface area contributed by atoms with E-state index in [2.05, 4.69) is 5.32 Å². The summed E-state index contributed by atoms with van der Waals surface area (Å²) in [5.74, 6) is 0.0424. The minimum absolute atomic E-state index is 0.0929. The van der Waals surface area contributed by atoms with Crippen LogP contribution in [0.5, 0.6) is 5.75 Å². The van der Waals surface area contributed by atoms with Crippen LogP contribution in [0.2, 0.25) is 0 Å². The van der Waals surface area contributed by atoms with Crippen molar-refractivity contribution in [2.45, 2.75) is 44.8 Å². The van der Waals surface area contributed by atoms with E-state index in [4.69, 9.17) is 4.74 Å². The van der Waals surface area contributed by atoms with Gasteiger partial charge in [-0.05, 0) is 50.5 Å². The predicted molar refractivity (Wildman–Crippen MR) is 114 cm³/mol. The molecule has 172 valence electrons. The Labute approximate surface area is 185 Å². The van der Waals surface area contributed by atoms with E-state index in [9.17, 15) is 22.8 Å². The van der Waals surface area contributed by atoms with Crippen LogP contribution in [0.4, 0.5) is 13.2 Å². The molecule has 1 saturated heterocycles. The highest BCUT2D eigenvalue weighted by Crippen LogP contribution is 2.32. The maximum Gasteiger partial charge on any atom is 0.417 e. The molecule has 2 aromatic carbocycles. The number of piperidine rings is 1. The van der Waals surface area contributed by atoms with Gasteiger partial charge in [-0.15, -0.1) is 0 Å². The lowest BCUT2D eigenvalue weighted by Crippen LogP contribution is -2.46. The predicted octanol–water partition coefficient (Wildman–Crippen LogP) is 4.59. The van der Waals surface area contributed by atoms with Crippen molar-refractivity contribution in [1.82, 2.24) is 10.2 Å². The second-order valence-electron chi connectivity index (χ2n) is 7.94. The number of rotatable bonds is 7. The number of carbonyl (C=O) groups excluding carboxylic acids is 2. The molecule has 0 saturated carbocycles. The van der Waals surface area contributed by atoms with Crippen LogP contribution in [0, 0.1) is 6.92 Å². The fourth-order valence-electron chi connectivity index (χ4n) is 3.67. The number of hydrogen-bond donors (Lipinski definition) is 1. The molecule has 1 aliphatic rings.